The zero-order chi connectivity index (χ0) is 24.5. The van der Waals surface area contributed by atoms with Crippen molar-refractivity contribution in [1.82, 2.24) is 20.6 Å². The van der Waals surface area contributed by atoms with E-state index in [9.17, 15) is 14.4 Å². The van der Waals surface area contributed by atoms with Gasteiger partial charge in [-0.05, 0) is 47.2 Å². The molecule has 11 nitrogen and oxygen atoms in total. The molecule has 0 radical (unpaired) electrons. The van der Waals surface area contributed by atoms with E-state index in [1.165, 1.54) is 13.3 Å². The Hall–Kier alpha value is -4.25. The van der Waals surface area contributed by atoms with Gasteiger partial charge in [0.1, 0.15) is 18.1 Å². The number of hydrogen-bond acceptors (Lipinski definition) is 7. The summed E-state index contributed by atoms with van der Waals surface area (Å²) in [5.74, 6) is -0.299. The van der Waals surface area contributed by atoms with Crippen LogP contribution in [0.1, 0.15) is 23.0 Å². The molecule has 0 aliphatic carbocycles. The predicted octanol–water partition coefficient (Wildman–Crippen LogP) is 2.41. The number of methoxy groups -OCH3 is 1. The standard InChI is InChI=1S/C23H26N6O5/c1-3-25-22(31)29-20-11-17-16(14-6-7-26-19(10-14)21(24)30)5-4-15(18(17)13-27-20)12-28-23(32)34-9-8-33-2/h4-7,10-11,13H,3,8-9,12H2,1-2H3,(H2,24,30)(H,28,32)(H2,25,27,29,31). The Kier molecular flexibility index (Phi) is 8.30. The van der Waals surface area contributed by atoms with Crippen molar-refractivity contribution in [2.75, 3.05) is 32.2 Å². The summed E-state index contributed by atoms with van der Waals surface area (Å²) in [4.78, 5) is 43.9. The minimum atomic E-state index is -0.640. The summed E-state index contributed by atoms with van der Waals surface area (Å²) in [6, 6.07) is 8.39. The van der Waals surface area contributed by atoms with Gasteiger partial charge in [-0.2, -0.15) is 0 Å². The molecule has 0 atom stereocenters. The van der Waals surface area contributed by atoms with E-state index in [1.807, 2.05) is 19.1 Å². The van der Waals surface area contributed by atoms with Crippen molar-refractivity contribution in [3.05, 3.63) is 54.0 Å². The molecule has 5 N–H and O–H groups in total. The third-order valence-corrected chi connectivity index (χ3v) is 4.84. The van der Waals surface area contributed by atoms with Gasteiger partial charge in [0.05, 0.1) is 6.61 Å². The number of ether oxygens (including phenoxy) is 2. The maximum absolute atomic E-state index is 12.0. The van der Waals surface area contributed by atoms with Crippen molar-refractivity contribution >= 4 is 34.6 Å². The highest BCUT2D eigenvalue weighted by Gasteiger charge is 2.14. The maximum atomic E-state index is 12.0. The number of amides is 4. The number of anilines is 1. The van der Waals surface area contributed by atoms with Gasteiger partial charge >= 0.3 is 12.1 Å². The number of rotatable bonds is 9. The molecule has 1 aromatic carbocycles. The minimum absolute atomic E-state index is 0.130. The number of nitrogens with one attached hydrogen (secondary N) is 3. The lowest BCUT2D eigenvalue weighted by Crippen LogP contribution is -2.28. The van der Waals surface area contributed by atoms with Crippen LogP contribution >= 0.6 is 0 Å². The van der Waals surface area contributed by atoms with Gasteiger partial charge in [0.2, 0.25) is 0 Å². The van der Waals surface area contributed by atoms with Crippen LogP contribution in [0.3, 0.4) is 0 Å². The lowest BCUT2D eigenvalue weighted by Gasteiger charge is -2.14. The third-order valence-electron chi connectivity index (χ3n) is 4.84. The zero-order valence-electron chi connectivity index (χ0n) is 18.9. The Balaban J connectivity index is 1.99. The molecule has 4 amide bonds. The van der Waals surface area contributed by atoms with Crippen LogP contribution in [-0.2, 0) is 16.0 Å². The van der Waals surface area contributed by atoms with Crippen LogP contribution in [0.4, 0.5) is 15.4 Å². The van der Waals surface area contributed by atoms with Crippen LogP contribution in [0.15, 0.2) is 42.7 Å². The first kappa shape index (κ1) is 24.4. The Morgan fingerprint density at radius 2 is 1.85 bits per heavy atom. The second kappa shape index (κ2) is 11.6. The van der Waals surface area contributed by atoms with Crippen LogP contribution in [0.2, 0.25) is 0 Å². The molecule has 11 heteroatoms. The molecule has 3 aromatic rings. The number of nitrogens with zero attached hydrogens (tertiary/aromatic N) is 2. The van der Waals surface area contributed by atoms with E-state index in [4.69, 9.17) is 15.2 Å². The highest BCUT2D eigenvalue weighted by atomic mass is 16.6. The Morgan fingerprint density at radius 3 is 2.59 bits per heavy atom. The van der Waals surface area contributed by atoms with Crippen molar-refractivity contribution in [2.45, 2.75) is 13.5 Å². The van der Waals surface area contributed by atoms with Gasteiger partial charge in [0, 0.05) is 38.0 Å². The molecule has 3 rings (SSSR count). The van der Waals surface area contributed by atoms with Gasteiger partial charge < -0.3 is 25.8 Å². The van der Waals surface area contributed by atoms with E-state index < -0.39 is 12.0 Å². The van der Waals surface area contributed by atoms with Crippen LogP contribution in [0.25, 0.3) is 21.9 Å². The smallest absolute Gasteiger partial charge is 0.407 e. The average molecular weight is 466 g/mol. The molecule has 0 spiro atoms. The second-order valence-corrected chi connectivity index (χ2v) is 7.15. The lowest BCUT2D eigenvalue weighted by atomic mass is 9.96. The van der Waals surface area contributed by atoms with Gasteiger partial charge in [-0.1, -0.05) is 12.1 Å². The Morgan fingerprint density at radius 1 is 1.03 bits per heavy atom. The molecule has 0 fully saturated rings. The molecule has 34 heavy (non-hydrogen) atoms. The number of fused-ring (bicyclic) bond motifs is 1. The van der Waals surface area contributed by atoms with Crippen LogP contribution in [0.5, 0.6) is 0 Å². The number of nitrogens with two attached hydrogens (primary N) is 1. The van der Waals surface area contributed by atoms with Crippen molar-refractivity contribution in [3.8, 4) is 11.1 Å². The van der Waals surface area contributed by atoms with Crippen molar-refractivity contribution in [3.63, 3.8) is 0 Å². The third kappa shape index (κ3) is 6.17. The topological polar surface area (TPSA) is 158 Å². The van der Waals surface area contributed by atoms with E-state index in [1.54, 1.807) is 24.4 Å². The number of alkyl carbamates (subject to hydrolysis) is 1. The number of benzene rings is 1. The summed E-state index contributed by atoms with van der Waals surface area (Å²) >= 11 is 0. The van der Waals surface area contributed by atoms with Crippen molar-refractivity contribution < 1.29 is 23.9 Å². The summed E-state index contributed by atoms with van der Waals surface area (Å²) < 4.78 is 9.90. The van der Waals surface area contributed by atoms with Gasteiger partial charge in [0.15, 0.2) is 0 Å². The fourth-order valence-corrected chi connectivity index (χ4v) is 3.26. The van der Waals surface area contributed by atoms with Gasteiger partial charge in [-0.3, -0.25) is 15.1 Å². The van der Waals surface area contributed by atoms with E-state index in [-0.39, 0.29) is 24.9 Å². The Bertz CT molecular complexity index is 1200. The molecule has 0 unspecified atom stereocenters. The fraction of sp³-hybridized carbons (Fsp3) is 0.261. The van der Waals surface area contributed by atoms with Gasteiger partial charge in [-0.25, -0.2) is 14.6 Å². The summed E-state index contributed by atoms with van der Waals surface area (Å²) in [6.45, 7) is 2.91. The first-order chi connectivity index (χ1) is 16.4. The number of carbonyl (C=O) groups is 3. The molecular formula is C23H26N6O5. The van der Waals surface area contributed by atoms with E-state index in [2.05, 4.69) is 25.9 Å². The number of primary amides is 1. The second-order valence-electron chi connectivity index (χ2n) is 7.15. The summed E-state index contributed by atoms with van der Waals surface area (Å²) in [5, 5.41) is 9.54. The van der Waals surface area contributed by atoms with Crippen LogP contribution in [0, 0.1) is 0 Å². The molecule has 0 aliphatic heterocycles. The van der Waals surface area contributed by atoms with Gasteiger partial charge in [0.25, 0.3) is 5.91 Å². The van der Waals surface area contributed by atoms with Gasteiger partial charge in [-0.15, -0.1) is 0 Å². The van der Waals surface area contributed by atoms with Crippen molar-refractivity contribution in [1.29, 1.82) is 0 Å². The highest BCUT2D eigenvalue weighted by molar-refractivity contribution is 6.02. The summed E-state index contributed by atoms with van der Waals surface area (Å²) in [5.41, 5.74) is 7.78. The highest BCUT2D eigenvalue weighted by Crippen LogP contribution is 2.32. The largest absolute Gasteiger partial charge is 0.447 e. The van der Waals surface area contributed by atoms with E-state index in [0.29, 0.717) is 24.5 Å². The van der Waals surface area contributed by atoms with E-state index >= 15 is 0 Å². The molecular weight excluding hydrogens is 440 g/mol. The maximum Gasteiger partial charge on any atom is 0.407 e. The SMILES string of the molecule is CCNC(=O)Nc1cc2c(-c3ccnc(C(N)=O)c3)ccc(CNC(=O)OCCOC)c2cn1. The molecule has 178 valence electrons. The number of urea groups is 1. The number of carbonyl (C=O) groups excluding carboxylic acids is 3. The minimum Gasteiger partial charge on any atom is -0.447 e. The van der Waals surface area contributed by atoms with Crippen molar-refractivity contribution in [2.24, 2.45) is 5.73 Å². The molecule has 0 bridgehead atoms. The number of pyridine rings is 2. The average Bonchev–Trinajstić information content (AvgIpc) is 2.82. The quantitative estimate of drug-likeness (QED) is 0.353. The molecule has 2 aromatic heterocycles. The number of hydrogen-bond donors (Lipinski definition) is 4. The molecule has 0 aliphatic rings. The molecule has 0 saturated heterocycles. The number of aromatic nitrogens is 2. The molecule has 0 saturated carbocycles. The first-order valence-electron chi connectivity index (χ1n) is 10.5. The monoisotopic (exact) mass is 466 g/mol. The van der Waals surface area contributed by atoms with Crippen LogP contribution in [-0.4, -0.2) is 54.9 Å². The first-order valence-corrected chi connectivity index (χ1v) is 10.5. The normalized spacial score (nSPS) is 10.5. The van der Waals surface area contributed by atoms with E-state index in [0.717, 1.165) is 21.9 Å². The summed E-state index contributed by atoms with van der Waals surface area (Å²) in [7, 11) is 1.52. The lowest BCUT2D eigenvalue weighted by molar-refractivity contribution is 0.0981. The fourth-order valence-electron chi connectivity index (χ4n) is 3.26. The summed E-state index contributed by atoms with van der Waals surface area (Å²) in [6.07, 6.45) is 2.54. The molecule has 2 heterocycles. The Labute approximate surface area is 196 Å². The zero-order valence-corrected chi connectivity index (χ0v) is 18.9. The predicted molar refractivity (Wildman–Crippen MR) is 126 cm³/mol. The van der Waals surface area contributed by atoms with Crippen LogP contribution < -0.4 is 21.7 Å².